The number of fused-ring (bicyclic) bond motifs is 1. The van der Waals surface area contributed by atoms with Crippen LogP contribution in [-0.2, 0) is 4.79 Å². The van der Waals surface area contributed by atoms with Gasteiger partial charge in [-0.1, -0.05) is 71.7 Å². The minimum absolute atomic E-state index is 0.0920. The minimum atomic E-state index is -0.497. The second-order valence-electron chi connectivity index (χ2n) is 9.20. The van der Waals surface area contributed by atoms with Crippen LogP contribution in [0.4, 0.5) is 0 Å². The number of rotatable bonds is 8. The van der Waals surface area contributed by atoms with Gasteiger partial charge in [0.1, 0.15) is 22.4 Å². The Morgan fingerprint density at radius 2 is 1.74 bits per heavy atom. The van der Waals surface area contributed by atoms with E-state index >= 15 is 0 Å². The molecule has 2 aromatic heterocycles. The first kappa shape index (κ1) is 26.5. The van der Waals surface area contributed by atoms with E-state index in [0.29, 0.717) is 38.2 Å². The molecular weight excluding hydrogens is 537 g/mol. The number of aromatic nitrogens is 3. The average molecular weight is 562 g/mol. The molecule has 5 aromatic rings. The van der Waals surface area contributed by atoms with Gasteiger partial charge in [0.15, 0.2) is 0 Å². The Hall–Kier alpha value is -4.11. The maximum atomic E-state index is 12.8. The molecule has 0 aliphatic heterocycles. The van der Waals surface area contributed by atoms with Crippen molar-refractivity contribution in [2.75, 3.05) is 6.54 Å². The molecule has 0 spiro atoms. The van der Waals surface area contributed by atoms with Crippen molar-refractivity contribution in [3.63, 3.8) is 0 Å². The van der Waals surface area contributed by atoms with Crippen LogP contribution >= 0.6 is 23.2 Å². The normalized spacial score (nSPS) is 12.8. The van der Waals surface area contributed by atoms with Gasteiger partial charge in [0.05, 0.1) is 11.4 Å². The number of imidazole rings is 1. The van der Waals surface area contributed by atoms with E-state index in [-0.39, 0.29) is 30.5 Å². The van der Waals surface area contributed by atoms with Crippen LogP contribution < -0.4 is 16.6 Å². The van der Waals surface area contributed by atoms with Crippen LogP contribution in [0.5, 0.6) is 5.75 Å². The third-order valence-electron chi connectivity index (χ3n) is 6.49. The van der Waals surface area contributed by atoms with E-state index in [2.05, 4.69) is 15.3 Å². The predicted octanol–water partition coefficient (Wildman–Crippen LogP) is 5.27. The molecule has 1 amide bonds. The standard InChI is InChI=1S/C29H25Cl2N5O3/c30-19-8-4-7-17(11-19)22(32)13-25(38)33-15-21(16-5-2-1-3-6-16)29-35-27(28(31)36-29)18-9-10-23-20(12-18)24(37)14-26(39)34-23/h1-12,14,21-22H,13,15,32H2,(H,33,38)(H,35,36)(H2,34,37,39)/t21-,22?/m1/s1. The number of benzene rings is 3. The summed E-state index contributed by atoms with van der Waals surface area (Å²) >= 11 is 12.6. The largest absolute Gasteiger partial charge is 0.507 e. The lowest BCUT2D eigenvalue weighted by molar-refractivity contribution is -0.121. The first-order chi connectivity index (χ1) is 18.8. The molecular formula is C29H25Cl2N5O3. The molecule has 8 nitrogen and oxygen atoms in total. The zero-order chi connectivity index (χ0) is 27.5. The highest BCUT2D eigenvalue weighted by atomic mass is 35.5. The Morgan fingerprint density at radius 1 is 0.974 bits per heavy atom. The number of nitrogens with zero attached hydrogens (tertiary/aromatic N) is 1. The van der Waals surface area contributed by atoms with Crippen LogP contribution in [-0.4, -0.2) is 32.5 Å². The van der Waals surface area contributed by atoms with E-state index < -0.39 is 11.6 Å². The molecule has 0 saturated heterocycles. The van der Waals surface area contributed by atoms with Crippen LogP contribution in [0, 0.1) is 0 Å². The van der Waals surface area contributed by atoms with Gasteiger partial charge in [-0.2, -0.15) is 0 Å². The second kappa shape index (κ2) is 11.3. The Labute approximate surface area is 233 Å². The minimum Gasteiger partial charge on any atom is -0.507 e. The predicted molar refractivity (Wildman–Crippen MR) is 153 cm³/mol. The first-order valence-electron chi connectivity index (χ1n) is 12.2. The Morgan fingerprint density at radius 3 is 2.51 bits per heavy atom. The molecule has 2 atom stereocenters. The van der Waals surface area contributed by atoms with Crippen LogP contribution in [0.3, 0.4) is 0 Å². The second-order valence-corrected chi connectivity index (χ2v) is 10.0. The number of nitrogens with two attached hydrogens (primary N) is 1. The summed E-state index contributed by atoms with van der Waals surface area (Å²) < 4.78 is 0. The molecule has 2 heterocycles. The average Bonchev–Trinajstić information content (AvgIpc) is 3.30. The van der Waals surface area contributed by atoms with Crippen LogP contribution in [0.1, 0.15) is 35.3 Å². The van der Waals surface area contributed by atoms with Crippen molar-refractivity contribution >= 4 is 40.0 Å². The topological polar surface area (TPSA) is 137 Å². The fourth-order valence-corrected chi connectivity index (χ4v) is 4.96. The molecule has 3 aromatic carbocycles. The van der Waals surface area contributed by atoms with Crippen molar-refractivity contribution in [1.29, 1.82) is 0 Å². The summed E-state index contributed by atoms with van der Waals surface area (Å²) in [7, 11) is 0. The van der Waals surface area contributed by atoms with Crippen molar-refractivity contribution in [3.05, 3.63) is 116 Å². The lowest BCUT2D eigenvalue weighted by Crippen LogP contribution is -2.31. The molecule has 0 saturated carbocycles. The third kappa shape index (κ3) is 5.98. The molecule has 39 heavy (non-hydrogen) atoms. The molecule has 5 rings (SSSR count). The maximum Gasteiger partial charge on any atom is 0.252 e. The van der Waals surface area contributed by atoms with Gasteiger partial charge in [0.25, 0.3) is 5.56 Å². The molecule has 0 aliphatic rings. The van der Waals surface area contributed by atoms with Crippen molar-refractivity contribution in [2.45, 2.75) is 18.4 Å². The number of H-pyrrole nitrogens is 2. The number of aromatic hydroxyl groups is 1. The summed E-state index contributed by atoms with van der Waals surface area (Å²) in [6.45, 7) is 0.258. The first-order valence-corrected chi connectivity index (χ1v) is 13.0. The maximum absolute atomic E-state index is 12.8. The SMILES string of the molecule is NC(CC(=O)NC[C@H](c1ccccc1)c1nc(-c2ccc3[nH]c(=O)cc(O)c3c2)c(Cl)[nH]1)c1cccc(Cl)c1. The summed E-state index contributed by atoms with van der Waals surface area (Å²) in [6.07, 6.45) is 0.0920. The van der Waals surface area contributed by atoms with E-state index in [0.717, 1.165) is 17.2 Å². The summed E-state index contributed by atoms with van der Waals surface area (Å²) in [5.74, 6) is -0.107. The highest BCUT2D eigenvalue weighted by Gasteiger charge is 2.22. The van der Waals surface area contributed by atoms with Gasteiger partial charge in [-0.3, -0.25) is 9.59 Å². The monoisotopic (exact) mass is 561 g/mol. The van der Waals surface area contributed by atoms with E-state index in [1.807, 2.05) is 36.4 Å². The summed E-state index contributed by atoms with van der Waals surface area (Å²) in [6, 6.07) is 22.6. The van der Waals surface area contributed by atoms with Crippen LogP contribution in [0.25, 0.3) is 22.2 Å². The highest BCUT2D eigenvalue weighted by Crippen LogP contribution is 2.33. The Balaban J connectivity index is 1.39. The van der Waals surface area contributed by atoms with E-state index in [4.69, 9.17) is 33.9 Å². The quantitative estimate of drug-likeness (QED) is 0.176. The number of pyridine rings is 1. The molecule has 6 N–H and O–H groups in total. The number of amides is 1. The van der Waals surface area contributed by atoms with Crippen molar-refractivity contribution in [3.8, 4) is 17.0 Å². The lowest BCUT2D eigenvalue weighted by Gasteiger charge is -2.18. The molecule has 1 unspecified atom stereocenters. The fraction of sp³-hybridized carbons (Fsp3) is 0.138. The Bertz CT molecular complexity index is 1700. The molecule has 0 fully saturated rings. The number of carbonyl (C=O) groups is 1. The zero-order valence-electron chi connectivity index (χ0n) is 20.6. The number of carbonyl (C=O) groups excluding carboxylic acids is 1. The highest BCUT2D eigenvalue weighted by molar-refractivity contribution is 6.32. The van der Waals surface area contributed by atoms with Crippen molar-refractivity contribution < 1.29 is 9.90 Å². The number of halogens is 2. The molecule has 0 radical (unpaired) electrons. The van der Waals surface area contributed by atoms with Crippen molar-refractivity contribution in [2.24, 2.45) is 5.73 Å². The number of nitrogens with one attached hydrogen (secondary N) is 3. The zero-order valence-corrected chi connectivity index (χ0v) is 22.1. The van der Waals surface area contributed by atoms with E-state index in [1.165, 1.54) is 0 Å². The van der Waals surface area contributed by atoms with Gasteiger partial charge in [-0.15, -0.1) is 0 Å². The van der Waals surface area contributed by atoms with Gasteiger partial charge in [-0.05, 0) is 35.4 Å². The summed E-state index contributed by atoms with van der Waals surface area (Å²) in [4.78, 5) is 35.1. The smallest absolute Gasteiger partial charge is 0.252 e. The van der Waals surface area contributed by atoms with E-state index in [1.54, 1.807) is 36.4 Å². The van der Waals surface area contributed by atoms with Gasteiger partial charge in [0.2, 0.25) is 5.91 Å². The van der Waals surface area contributed by atoms with Gasteiger partial charge in [0, 0.05) is 41.0 Å². The number of hydrogen-bond donors (Lipinski definition) is 5. The molecule has 10 heteroatoms. The molecule has 0 aliphatic carbocycles. The Kier molecular flexibility index (Phi) is 7.70. The van der Waals surface area contributed by atoms with Gasteiger partial charge in [-0.25, -0.2) is 4.98 Å². The van der Waals surface area contributed by atoms with Crippen LogP contribution in [0.15, 0.2) is 83.7 Å². The van der Waals surface area contributed by atoms with E-state index in [9.17, 15) is 14.7 Å². The van der Waals surface area contributed by atoms with Gasteiger partial charge >= 0.3 is 0 Å². The number of hydrogen-bond acceptors (Lipinski definition) is 5. The third-order valence-corrected chi connectivity index (χ3v) is 7.00. The van der Waals surface area contributed by atoms with Crippen molar-refractivity contribution in [1.82, 2.24) is 20.3 Å². The van der Waals surface area contributed by atoms with Gasteiger partial charge < -0.3 is 26.1 Å². The molecule has 0 bridgehead atoms. The lowest BCUT2D eigenvalue weighted by atomic mass is 9.98. The van der Waals surface area contributed by atoms with Crippen LogP contribution in [0.2, 0.25) is 10.2 Å². The number of aromatic amines is 2. The molecule has 198 valence electrons. The summed E-state index contributed by atoms with van der Waals surface area (Å²) in [5.41, 5.74) is 9.20. The fourth-order valence-electron chi connectivity index (χ4n) is 4.51. The summed E-state index contributed by atoms with van der Waals surface area (Å²) in [5, 5.41) is 14.6.